The Kier molecular flexibility index (Phi) is 23.4. The van der Waals surface area contributed by atoms with Crippen molar-refractivity contribution in [2.45, 2.75) is 61.3 Å². The van der Waals surface area contributed by atoms with Gasteiger partial charge in [-0.1, -0.05) is 61.4 Å². The van der Waals surface area contributed by atoms with Crippen LogP contribution in [0, 0.1) is 58.2 Å². The van der Waals surface area contributed by atoms with Gasteiger partial charge in [0.15, 0.2) is 34.9 Å². The van der Waals surface area contributed by atoms with Gasteiger partial charge in [0.2, 0.25) is 0 Å². The monoisotopic (exact) mass is 1100 g/mol. The summed E-state index contributed by atoms with van der Waals surface area (Å²) in [6.07, 6.45) is 2.25. The topological polar surface area (TPSA) is 78.8 Å². The third-order valence-corrected chi connectivity index (χ3v) is 10.9. The fourth-order valence-electron chi connectivity index (χ4n) is 6.74. The van der Waals surface area contributed by atoms with Crippen molar-refractivity contribution in [3.63, 3.8) is 0 Å². The van der Waals surface area contributed by atoms with Crippen LogP contribution in [0.3, 0.4) is 0 Å². The zero-order valence-corrected chi connectivity index (χ0v) is 43.8. The van der Waals surface area contributed by atoms with E-state index in [0.717, 1.165) is 61.9 Å². The molecule has 1 N–H and O–H groups in total. The normalized spacial score (nSPS) is 13.2. The largest absolute Gasteiger partial charge is 1.00 e. The number of rotatable bonds is 9. The van der Waals surface area contributed by atoms with E-state index >= 15 is 0 Å². The van der Waals surface area contributed by atoms with Crippen LogP contribution in [0.15, 0.2) is 97.1 Å². The van der Waals surface area contributed by atoms with Gasteiger partial charge in [-0.2, -0.15) is 17.6 Å². The number of alkyl halides is 5. The molecule has 2 saturated carbocycles. The molecule has 358 valence electrons. The third-order valence-electron chi connectivity index (χ3n) is 10.5. The number of hydrogen-bond donors (Lipinski definition) is 1. The number of carbonyl (C=O) groups excluding carboxylic acids is 1. The third kappa shape index (κ3) is 16.1. The first-order chi connectivity index (χ1) is 31.5. The Hall–Kier alpha value is -2.88. The minimum atomic E-state index is -4.61. The molecule has 6 aromatic carbocycles. The summed E-state index contributed by atoms with van der Waals surface area (Å²) in [5.41, 5.74) is 0.634. The molecule has 69 heavy (non-hydrogen) atoms. The van der Waals surface area contributed by atoms with E-state index in [1.807, 2.05) is 40.2 Å². The summed E-state index contributed by atoms with van der Waals surface area (Å²) in [5.74, 6) is -16.3. The van der Waals surface area contributed by atoms with E-state index in [2.05, 4.69) is 9.62 Å². The van der Waals surface area contributed by atoms with Crippen molar-refractivity contribution in [1.29, 1.82) is 0 Å². The maximum Gasteiger partial charge on any atom is 1.00 e. The van der Waals surface area contributed by atoms with Gasteiger partial charge in [-0.15, -0.1) is 0 Å². The Labute approximate surface area is 479 Å². The van der Waals surface area contributed by atoms with Crippen LogP contribution in [0.1, 0.15) is 74.0 Å². The Morgan fingerprint density at radius 3 is 1.14 bits per heavy atom. The molecule has 8 rings (SSSR count). The van der Waals surface area contributed by atoms with Crippen LogP contribution in [0.2, 0.25) is 0 Å². The van der Waals surface area contributed by atoms with Gasteiger partial charge in [-0.25, -0.2) is 43.9 Å². The van der Waals surface area contributed by atoms with E-state index in [1.165, 1.54) is 12.0 Å². The molecule has 2 aliphatic carbocycles. The quantitative estimate of drug-likeness (QED) is 0.0301. The number of phenols is 1. The summed E-state index contributed by atoms with van der Waals surface area (Å²) in [6, 6.07) is 19.0. The van der Waals surface area contributed by atoms with Crippen molar-refractivity contribution < 1.29 is 190 Å². The number of hydrogen-bond acceptors (Lipinski definition) is 5. The first-order valence-electron chi connectivity index (χ1n) is 19.6. The molecule has 0 heterocycles. The van der Waals surface area contributed by atoms with Crippen LogP contribution in [0.5, 0.6) is 11.5 Å². The molecule has 2 aliphatic rings. The number of carbonyl (C=O) groups is 1. The smallest absolute Gasteiger partial charge is 1.00 e. The van der Waals surface area contributed by atoms with E-state index < -0.39 is 91.7 Å². The zero-order valence-electron chi connectivity index (χ0n) is 37.0. The molecule has 0 radical (unpaired) electrons. The second-order valence-corrected chi connectivity index (χ2v) is 15.9. The minimum absolute atomic E-state index is 0. The van der Waals surface area contributed by atoms with Gasteiger partial charge in [0.25, 0.3) is 6.47 Å². The molecule has 0 aromatic heterocycles. The fraction of sp³-hybridized carbons (Fsp3) is 0.213. The van der Waals surface area contributed by atoms with Gasteiger partial charge in [-0.05, 0) is 111 Å². The van der Waals surface area contributed by atoms with E-state index in [0.29, 0.717) is 35.1 Å². The number of phenolic OH excluding ortho intramolecular Hbond substituents is 1. The van der Waals surface area contributed by atoms with Crippen molar-refractivity contribution in [1.82, 2.24) is 0 Å². The molecule has 22 heteroatoms. The molecule has 5 nitrogen and oxygen atoms in total. The molecular weight excluding hydrogens is 1070 g/mol. The van der Waals surface area contributed by atoms with Crippen molar-refractivity contribution >= 4 is 22.4 Å². The molecule has 2 fully saturated rings. The summed E-state index contributed by atoms with van der Waals surface area (Å²) in [6.45, 7) is -0.181. The molecule has 6 aromatic rings. The molecule has 0 bridgehead atoms. The van der Waals surface area contributed by atoms with E-state index in [1.54, 1.807) is 24.3 Å². The molecule has 0 aliphatic heterocycles. The maximum absolute atomic E-state index is 14.5. The van der Waals surface area contributed by atoms with Gasteiger partial charge >= 0.3 is 114 Å². The summed E-state index contributed by atoms with van der Waals surface area (Å²) in [7, 11) is 0. The van der Waals surface area contributed by atoms with Crippen molar-refractivity contribution in [2.24, 2.45) is 0 Å². The summed E-state index contributed by atoms with van der Waals surface area (Å²) in [5, 5.41) is 16.9. The predicted molar refractivity (Wildman–Crippen MR) is 217 cm³/mol. The van der Waals surface area contributed by atoms with Crippen molar-refractivity contribution in [3.8, 4) is 33.8 Å². The Morgan fingerprint density at radius 2 is 0.855 bits per heavy atom. The van der Waals surface area contributed by atoms with Crippen LogP contribution in [0.4, 0.5) is 61.5 Å². The summed E-state index contributed by atoms with van der Waals surface area (Å²) >= 11 is 2.00. The van der Waals surface area contributed by atoms with Crippen LogP contribution in [-0.4, -0.2) is 11.6 Å². The molecular formula is C47H33BrF14K2O5. The predicted octanol–water partition coefficient (Wildman–Crippen LogP) is 8.15. The minimum Gasteiger partial charge on any atom is -1.00 e. The number of halogens is 15. The molecule has 0 atom stereocenters. The Balaban J connectivity index is 0.000000375. The van der Waals surface area contributed by atoms with Gasteiger partial charge < -0.3 is 21.4 Å². The number of benzene rings is 6. The zero-order chi connectivity index (χ0) is 49.4. The van der Waals surface area contributed by atoms with Crippen molar-refractivity contribution in [2.75, 3.05) is 0 Å². The van der Waals surface area contributed by atoms with Crippen molar-refractivity contribution in [3.05, 3.63) is 177 Å². The first-order valence-corrected chi connectivity index (χ1v) is 20.4. The molecule has 0 unspecified atom stereocenters. The van der Waals surface area contributed by atoms with Gasteiger partial charge in [0.1, 0.15) is 45.9 Å². The number of aromatic hydroxyl groups is 1. The Morgan fingerprint density at radius 1 is 0.536 bits per heavy atom. The Bertz CT molecular complexity index is 2600. The van der Waals surface area contributed by atoms with Gasteiger partial charge in [0.05, 0.1) is 0 Å². The van der Waals surface area contributed by atoms with E-state index in [4.69, 9.17) is 15.2 Å². The van der Waals surface area contributed by atoms with Crippen LogP contribution < -0.4 is 113 Å². The van der Waals surface area contributed by atoms with E-state index in [9.17, 15) is 61.5 Å². The van der Waals surface area contributed by atoms with Crippen LogP contribution in [-0.2, 0) is 20.6 Å². The maximum atomic E-state index is 14.5. The van der Waals surface area contributed by atoms with E-state index in [-0.39, 0.29) is 134 Å². The average Bonchev–Trinajstić information content (AvgIpc) is 3.20. The second kappa shape index (κ2) is 26.7. The first kappa shape index (κ1) is 60.4. The summed E-state index contributed by atoms with van der Waals surface area (Å²) < 4.78 is 191. The van der Waals surface area contributed by atoms with Gasteiger partial charge in [0, 0.05) is 24.3 Å². The molecule has 0 saturated heterocycles. The standard InChI is InChI=1S/C23H15F7O.C17H13BrF4.C6H3F3O.CH2O3.2K.H/c24-17-8-15(14-6-4-13(5-7-14)12-2-1-3-12)9-18(25)21(17)23(29,30)31-16-10-19(26)22(28)20(27)11-16;18-17(21,22)16-14(19)8-13(9-15(16)20)12-6-4-11(5-7-12)10-2-1-3-10;7-4-1-3(10)2-5(8)6(4)9;2-1-4-3;;;/h4-12H,1-3H2;4-10H,1-3H2;1-2,10H;1,3H;;;/q;;;;2*+1;-1/p-1. The van der Waals surface area contributed by atoms with Crippen LogP contribution >= 0.6 is 15.9 Å². The average molecular weight is 1100 g/mol. The fourth-order valence-corrected chi connectivity index (χ4v) is 7.12. The SMILES string of the molecule is Fc1cc(-c2ccc(C3CCC3)cc2)cc(F)c1C(F)(F)Br.Fc1cc(OC(F)(F)c2c(F)cc(-c3ccc(C4CCC4)cc3)cc2F)cc(F)c1F.O=CO[O-].Oc1cc(F)c(F)c(F)c1.[H-].[K+].[K+]. The second-order valence-electron chi connectivity index (χ2n) is 14.9. The molecule has 0 amide bonds. The van der Waals surface area contributed by atoms with Crippen LogP contribution in [0.25, 0.3) is 22.3 Å². The van der Waals surface area contributed by atoms with Gasteiger partial charge in [-0.3, -0.25) is 4.79 Å². The molecule has 0 spiro atoms. The summed E-state index contributed by atoms with van der Waals surface area (Å²) in [4.78, 5) is 7.52. The number of ether oxygens (including phenoxy) is 1.